The van der Waals surface area contributed by atoms with Crippen molar-refractivity contribution in [3.05, 3.63) is 30.2 Å². The van der Waals surface area contributed by atoms with Crippen molar-refractivity contribution in [2.75, 3.05) is 11.9 Å². The first-order valence-corrected chi connectivity index (χ1v) is 10.3. The zero-order valence-corrected chi connectivity index (χ0v) is 17.6. The highest BCUT2D eigenvalue weighted by Crippen LogP contribution is 2.39. The lowest BCUT2D eigenvalue weighted by molar-refractivity contribution is 0.111. The summed E-state index contributed by atoms with van der Waals surface area (Å²) in [5.41, 5.74) is 0.964. The predicted octanol–water partition coefficient (Wildman–Crippen LogP) is 1.59. The summed E-state index contributed by atoms with van der Waals surface area (Å²) in [4.78, 5) is 7.51. The smallest absolute Gasteiger partial charge is 0.245 e. The number of tetrazole rings is 1. The van der Waals surface area contributed by atoms with Gasteiger partial charge in [0.15, 0.2) is 5.82 Å². The van der Waals surface area contributed by atoms with Gasteiger partial charge in [-0.3, -0.25) is 0 Å². The third-order valence-corrected chi connectivity index (χ3v) is 6.38. The molecule has 11 heteroatoms. The molecular formula is C20H24FN9O. The van der Waals surface area contributed by atoms with E-state index in [9.17, 15) is 5.11 Å². The van der Waals surface area contributed by atoms with E-state index in [0.717, 1.165) is 12.8 Å². The molecule has 2 saturated heterocycles. The minimum Gasteiger partial charge on any atom is -0.507 e. The molecule has 4 heterocycles. The maximum Gasteiger partial charge on any atom is 0.245 e. The monoisotopic (exact) mass is 425 g/mol. The van der Waals surface area contributed by atoms with Gasteiger partial charge in [-0.25, -0.2) is 9.37 Å². The van der Waals surface area contributed by atoms with E-state index in [1.165, 1.54) is 17.1 Å². The Labute approximate surface area is 178 Å². The number of aromatic nitrogens is 7. The highest BCUT2D eigenvalue weighted by molar-refractivity contribution is 5.67. The molecule has 4 atom stereocenters. The maximum atomic E-state index is 15.2. The molecule has 2 aliphatic rings. The van der Waals surface area contributed by atoms with Crippen LogP contribution in [0.5, 0.6) is 5.75 Å². The van der Waals surface area contributed by atoms with Gasteiger partial charge in [-0.15, -0.1) is 25.2 Å². The zero-order valence-electron chi connectivity index (χ0n) is 17.6. The standard InChI is InChI=1S/C20H24FN9O/c1-11-24-28-30(27-11)13-4-5-14(17(31)9-13)15-10-22-19(26-25-15)29(3)16-8-12-6-7-20(2,23-12)18(16)21/h4-5,9-10,12,16,18,23,31H,6-8H2,1-3H3/t12?,16-,18+,20+/m1/s1. The van der Waals surface area contributed by atoms with Crippen molar-refractivity contribution in [2.24, 2.45) is 0 Å². The summed E-state index contributed by atoms with van der Waals surface area (Å²) in [5, 5.41) is 34.2. The van der Waals surface area contributed by atoms with Crippen LogP contribution >= 0.6 is 0 Å². The molecule has 1 unspecified atom stereocenters. The quantitative estimate of drug-likeness (QED) is 0.642. The third kappa shape index (κ3) is 3.38. The number of nitrogens with zero attached hydrogens (tertiary/aromatic N) is 8. The number of alkyl halides is 1. The molecule has 1 aromatic carbocycles. The van der Waals surface area contributed by atoms with Crippen LogP contribution in [0.15, 0.2) is 24.4 Å². The van der Waals surface area contributed by atoms with Gasteiger partial charge in [0, 0.05) is 30.3 Å². The number of nitrogens with one attached hydrogen (secondary N) is 1. The number of hydrogen-bond acceptors (Lipinski definition) is 9. The first kappa shape index (κ1) is 19.7. The molecule has 2 fully saturated rings. The van der Waals surface area contributed by atoms with Gasteiger partial charge in [0.05, 0.1) is 17.9 Å². The highest BCUT2D eigenvalue weighted by Gasteiger charge is 2.51. The van der Waals surface area contributed by atoms with Gasteiger partial charge in [-0.1, -0.05) is 0 Å². The first-order chi connectivity index (χ1) is 14.8. The van der Waals surface area contributed by atoms with Crippen molar-refractivity contribution < 1.29 is 9.50 Å². The number of phenolic OH excluding ortho intramolecular Hbond substituents is 1. The normalized spacial score (nSPS) is 27.4. The number of fused-ring (bicyclic) bond motifs is 2. The third-order valence-electron chi connectivity index (χ3n) is 6.38. The number of hydrogen-bond donors (Lipinski definition) is 2. The molecule has 162 valence electrons. The lowest BCUT2D eigenvalue weighted by Crippen LogP contribution is -2.62. The molecule has 2 aromatic heterocycles. The lowest BCUT2D eigenvalue weighted by atomic mass is 9.86. The van der Waals surface area contributed by atoms with Gasteiger partial charge >= 0.3 is 0 Å². The van der Waals surface area contributed by atoms with Crippen LogP contribution in [-0.4, -0.2) is 71.3 Å². The van der Waals surface area contributed by atoms with E-state index >= 15 is 4.39 Å². The largest absolute Gasteiger partial charge is 0.507 e. The average Bonchev–Trinajstić information content (AvgIpc) is 3.34. The van der Waals surface area contributed by atoms with Crippen LogP contribution in [0.2, 0.25) is 0 Å². The lowest BCUT2D eigenvalue weighted by Gasteiger charge is -2.43. The number of halogens is 1. The number of aromatic hydroxyl groups is 1. The van der Waals surface area contributed by atoms with Crippen molar-refractivity contribution in [1.29, 1.82) is 0 Å². The molecule has 5 rings (SSSR count). The van der Waals surface area contributed by atoms with Gasteiger partial charge in [0.25, 0.3) is 0 Å². The Morgan fingerprint density at radius 3 is 2.81 bits per heavy atom. The number of rotatable bonds is 4. The van der Waals surface area contributed by atoms with Crippen LogP contribution in [0.4, 0.5) is 10.3 Å². The highest BCUT2D eigenvalue weighted by atomic mass is 19.1. The van der Waals surface area contributed by atoms with E-state index in [0.29, 0.717) is 41.2 Å². The minimum absolute atomic E-state index is 0.00339. The molecule has 10 nitrogen and oxygen atoms in total. The fraction of sp³-hybridized carbons (Fsp3) is 0.500. The number of piperidine rings is 1. The molecule has 0 amide bonds. The predicted molar refractivity (Wildman–Crippen MR) is 111 cm³/mol. The van der Waals surface area contributed by atoms with Gasteiger partial charge < -0.3 is 15.3 Å². The van der Waals surface area contributed by atoms with E-state index in [2.05, 4.69) is 35.9 Å². The number of phenols is 1. The second-order valence-electron chi connectivity index (χ2n) is 8.58. The van der Waals surface area contributed by atoms with E-state index < -0.39 is 11.7 Å². The number of aryl methyl sites for hydroxylation is 1. The van der Waals surface area contributed by atoms with E-state index in [4.69, 9.17) is 0 Å². The summed E-state index contributed by atoms with van der Waals surface area (Å²) in [6.07, 6.45) is 3.04. The minimum atomic E-state index is -1.02. The fourth-order valence-electron chi connectivity index (χ4n) is 4.63. The van der Waals surface area contributed by atoms with Crippen molar-refractivity contribution in [1.82, 2.24) is 40.7 Å². The number of anilines is 1. The Morgan fingerprint density at radius 1 is 1.29 bits per heavy atom. The summed E-state index contributed by atoms with van der Waals surface area (Å²) >= 11 is 0. The maximum absolute atomic E-state index is 15.2. The summed E-state index contributed by atoms with van der Waals surface area (Å²) in [7, 11) is 1.81. The average molecular weight is 425 g/mol. The van der Waals surface area contributed by atoms with E-state index in [-0.39, 0.29) is 11.8 Å². The van der Waals surface area contributed by atoms with Gasteiger partial charge in [-0.05, 0) is 50.5 Å². The van der Waals surface area contributed by atoms with Gasteiger partial charge in [0.2, 0.25) is 5.95 Å². The molecule has 0 spiro atoms. The van der Waals surface area contributed by atoms with Gasteiger partial charge in [0.1, 0.15) is 17.6 Å². The molecule has 3 aromatic rings. The van der Waals surface area contributed by atoms with Crippen molar-refractivity contribution >= 4 is 5.95 Å². The molecule has 2 bridgehead atoms. The summed E-state index contributed by atoms with van der Waals surface area (Å²) in [5.74, 6) is 0.889. The summed E-state index contributed by atoms with van der Waals surface area (Å²) in [6, 6.07) is 4.98. The topological polar surface area (TPSA) is 118 Å². The fourth-order valence-corrected chi connectivity index (χ4v) is 4.63. The Bertz CT molecular complexity index is 1100. The second-order valence-corrected chi connectivity index (χ2v) is 8.58. The second kappa shape index (κ2) is 7.19. The van der Waals surface area contributed by atoms with Crippen molar-refractivity contribution in [3.63, 3.8) is 0 Å². The molecule has 0 saturated carbocycles. The molecule has 31 heavy (non-hydrogen) atoms. The Balaban J connectivity index is 1.36. The SMILES string of the molecule is Cc1nnn(-c2ccc(-c3cnc(N(C)[C@@H]4CC5CC[C@](C)(N5)[C@H]4F)nn3)c(O)c2)n1. The Kier molecular flexibility index (Phi) is 4.58. The summed E-state index contributed by atoms with van der Waals surface area (Å²) in [6.45, 7) is 3.68. The first-order valence-electron chi connectivity index (χ1n) is 10.3. The van der Waals surface area contributed by atoms with E-state index in [1.54, 1.807) is 31.0 Å². The van der Waals surface area contributed by atoms with Crippen LogP contribution in [0.1, 0.15) is 32.0 Å². The van der Waals surface area contributed by atoms with Crippen molar-refractivity contribution in [3.8, 4) is 22.7 Å². The molecule has 2 N–H and O–H groups in total. The van der Waals surface area contributed by atoms with E-state index in [1.807, 2.05) is 6.92 Å². The van der Waals surface area contributed by atoms with Crippen LogP contribution in [0.25, 0.3) is 16.9 Å². The van der Waals surface area contributed by atoms with Crippen LogP contribution in [-0.2, 0) is 0 Å². The molecule has 0 radical (unpaired) electrons. The Morgan fingerprint density at radius 2 is 2.13 bits per heavy atom. The molecule has 2 aliphatic heterocycles. The van der Waals surface area contributed by atoms with Crippen LogP contribution in [0, 0.1) is 6.92 Å². The molecule has 0 aliphatic carbocycles. The van der Waals surface area contributed by atoms with Crippen LogP contribution in [0.3, 0.4) is 0 Å². The van der Waals surface area contributed by atoms with Crippen molar-refractivity contribution in [2.45, 2.75) is 56.9 Å². The van der Waals surface area contributed by atoms with Crippen LogP contribution < -0.4 is 10.2 Å². The summed E-state index contributed by atoms with van der Waals surface area (Å²) < 4.78 is 15.2. The van der Waals surface area contributed by atoms with Gasteiger partial charge in [-0.2, -0.15) is 0 Å². The number of benzene rings is 1. The molecular weight excluding hydrogens is 401 g/mol. The zero-order chi connectivity index (χ0) is 21.8. The Hall–Kier alpha value is -3.21.